The van der Waals surface area contributed by atoms with Gasteiger partial charge in [0, 0.05) is 29.1 Å². The van der Waals surface area contributed by atoms with Gasteiger partial charge in [-0.05, 0) is 60.7 Å². The first kappa shape index (κ1) is 30.9. The molecule has 1 fully saturated rings. The highest BCUT2D eigenvalue weighted by atomic mass is 35.5. The van der Waals surface area contributed by atoms with E-state index in [4.69, 9.17) is 23.2 Å². The van der Waals surface area contributed by atoms with Crippen molar-refractivity contribution in [3.63, 3.8) is 0 Å². The third-order valence-electron chi connectivity index (χ3n) is 7.30. The van der Waals surface area contributed by atoms with Crippen molar-refractivity contribution in [1.29, 1.82) is 0 Å². The quantitative estimate of drug-likeness (QED) is 0.297. The first-order valence-corrected chi connectivity index (χ1v) is 16.2. The maximum absolute atomic E-state index is 14.2. The summed E-state index contributed by atoms with van der Waals surface area (Å²) >= 11 is 12.7. The Kier molecular flexibility index (Phi) is 10.3. The Morgan fingerprint density at radius 3 is 2.32 bits per heavy atom. The van der Waals surface area contributed by atoms with Gasteiger partial charge in [0.2, 0.25) is 21.8 Å². The van der Waals surface area contributed by atoms with Crippen molar-refractivity contribution in [2.24, 2.45) is 0 Å². The fraction of sp³-hybridized carbons (Fsp3) is 0.355. The summed E-state index contributed by atoms with van der Waals surface area (Å²) in [6.07, 6.45) is 5.16. The normalized spacial score (nSPS) is 14.4. The lowest BCUT2D eigenvalue weighted by Crippen LogP contribution is -2.54. The number of nitrogens with zero attached hydrogens (tertiary/aromatic N) is 2. The van der Waals surface area contributed by atoms with E-state index in [2.05, 4.69) is 5.32 Å². The number of anilines is 1. The smallest absolute Gasteiger partial charge is 0.244 e. The number of benzene rings is 3. The number of hydrogen-bond donors (Lipinski definition) is 1. The molecule has 1 atom stereocenters. The van der Waals surface area contributed by atoms with Gasteiger partial charge in [0.25, 0.3) is 0 Å². The van der Waals surface area contributed by atoms with E-state index in [0.29, 0.717) is 21.3 Å². The molecule has 0 saturated heterocycles. The zero-order valence-electron chi connectivity index (χ0n) is 23.2. The molecule has 1 unspecified atom stereocenters. The van der Waals surface area contributed by atoms with Crippen molar-refractivity contribution in [2.75, 3.05) is 17.1 Å². The molecular formula is C31H35Cl2N3O4S. The fourth-order valence-electron chi connectivity index (χ4n) is 5.15. The Labute approximate surface area is 252 Å². The lowest BCUT2D eigenvalue weighted by atomic mass is 10.0. The van der Waals surface area contributed by atoms with Crippen LogP contribution in [-0.2, 0) is 32.6 Å². The van der Waals surface area contributed by atoms with Crippen LogP contribution in [0.5, 0.6) is 0 Å². The summed E-state index contributed by atoms with van der Waals surface area (Å²) in [5, 5.41) is 3.94. The molecule has 0 aromatic heterocycles. The van der Waals surface area contributed by atoms with Gasteiger partial charge in [-0.1, -0.05) is 84.6 Å². The average molecular weight is 617 g/mol. The van der Waals surface area contributed by atoms with Gasteiger partial charge in [-0.2, -0.15) is 0 Å². The minimum absolute atomic E-state index is 0.00413. The lowest BCUT2D eigenvalue weighted by molar-refractivity contribution is -0.140. The highest BCUT2D eigenvalue weighted by Crippen LogP contribution is 2.26. The molecule has 1 aliphatic carbocycles. The van der Waals surface area contributed by atoms with E-state index in [1.54, 1.807) is 36.4 Å². The monoisotopic (exact) mass is 615 g/mol. The third-order valence-corrected chi connectivity index (χ3v) is 9.02. The minimum atomic E-state index is -3.83. The number of carbonyl (C=O) groups excluding carboxylic acids is 2. The summed E-state index contributed by atoms with van der Waals surface area (Å²) in [5.41, 5.74) is 2.70. The molecule has 1 saturated carbocycles. The Hall–Kier alpha value is -3.07. The van der Waals surface area contributed by atoms with E-state index in [9.17, 15) is 18.0 Å². The molecule has 0 aliphatic heterocycles. The molecule has 0 bridgehead atoms. The van der Waals surface area contributed by atoms with Crippen molar-refractivity contribution in [2.45, 2.75) is 57.7 Å². The topological polar surface area (TPSA) is 86.8 Å². The fourth-order valence-corrected chi connectivity index (χ4v) is 6.46. The summed E-state index contributed by atoms with van der Waals surface area (Å²) in [6, 6.07) is 20.5. The van der Waals surface area contributed by atoms with Gasteiger partial charge < -0.3 is 10.2 Å². The molecule has 41 heavy (non-hydrogen) atoms. The molecule has 7 nitrogen and oxygen atoms in total. The first-order valence-electron chi connectivity index (χ1n) is 13.6. The van der Waals surface area contributed by atoms with Gasteiger partial charge in [0.1, 0.15) is 12.6 Å². The molecule has 1 aliphatic rings. The largest absolute Gasteiger partial charge is 0.352 e. The van der Waals surface area contributed by atoms with Crippen molar-refractivity contribution in [1.82, 2.24) is 10.2 Å². The van der Waals surface area contributed by atoms with Crippen LogP contribution in [0.2, 0.25) is 10.0 Å². The van der Waals surface area contributed by atoms with Crippen LogP contribution in [0.3, 0.4) is 0 Å². The van der Waals surface area contributed by atoms with Crippen LogP contribution in [-0.4, -0.2) is 50.0 Å². The van der Waals surface area contributed by atoms with Crippen LogP contribution in [0.25, 0.3) is 0 Å². The molecule has 0 spiro atoms. The van der Waals surface area contributed by atoms with Gasteiger partial charge in [-0.25, -0.2) is 8.42 Å². The number of carbonyl (C=O) groups is 2. The standard InChI is InChI=1S/C31H35Cl2N3O4S/c1-22-9-8-14-27(17-22)36(41(2,39)40)21-30(37)35(20-24-15-16-25(32)19-28(24)33)29(18-23-10-4-3-5-11-23)31(38)34-26-12-6-7-13-26/h3-5,8-11,14-17,19,26,29H,6-7,12-13,18,20-21H2,1-2H3,(H,34,38). The summed E-state index contributed by atoms with van der Waals surface area (Å²) in [6.45, 7) is 1.37. The molecule has 1 N–H and O–H groups in total. The number of sulfonamides is 1. The van der Waals surface area contributed by atoms with Crippen molar-refractivity contribution in [3.8, 4) is 0 Å². The molecule has 10 heteroatoms. The number of hydrogen-bond acceptors (Lipinski definition) is 4. The second kappa shape index (κ2) is 13.7. The second-order valence-electron chi connectivity index (χ2n) is 10.6. The van der Waals surface area contributed by atoms with Crippen LogP contribution in [0.15, 0.2) is 72.8 Å². The van der Waals surface area contributed by atoms with Crippen LogP contribution in [0.4, 0.5) is 5.69 Å². The van der Waals surface area contributed by atoms with E-state index in [0.717, 1.165) is 47.4 Å². The minimum Gasteiger partial charge on any atom is -0.352 e. The van der Waals surface area contributed by atoms with E-state index < -0.39 is 28.5 Å². The van der Waals surface area contributed by atoms with E-state index in [-0.39, 0.29) is 24.9 Å². The Bertz CT molecular complexity index is 1480. The molecule has 2 amide bonds. The van der Waals surface area contributed by atoms with Crippen LogP contribution >= 0.6 is 23.2 Å². The average Bonchev–Trinajstić information content (AvgIpc) is 3.43. The van der Waals surface area contributed by atoms with Crippen LogP contribution in [0.1, 0.15) is 42.4 Å². The molecule has 218 valence electrons. The number of rotatable bonds is 11. The van der Waals surface area contributed by atoms with Gasteiger partial charge in [-0.3, -0.25) is 13.9 Å². The molecule has 0 radical (unpaired) electrons. The van der Waals surface area contributed by atoms with Gasteiger partial charge >= 0.3 is 0 Å². The third kappa shape index (κ3) is 8.47. The Balaban J connectivity index is 1.74. The maximum atomic E-state index is 14.2. The molecular weight excluding hydrogens is 581 g/mol. The SMILES string of the molecule is Cc1cccc(N(CC(=O)N(Cc2ccc(Cl)cc2Cl)C(Cc2ccccc2)C(=O)NC2CCCC2)S(C)(=O)=O)c1. The van der Waals surface area contributed by atoms with E-state index in [1.807, 2.05) is 43.3 Å². The zero-order valence-corrected chi connectivity index (χ0v) is 25.6. The highest BCUT2D eigenvalue weighted by Gasteiger charge is 2.34. The maximum Gasteiger partial charge on any atom is 0.244 e. The highest BCUT2D eigenvalue weighted by molar-refractivity contribution is 7.92. The number of nitrogens with one attached hydrogen (secondary N) is 1. The van der Waals surface area contributed by atoms with E-state index >= 15 is 0 Å². The number of aryl methyl sites for hydroxylation is 1. The predicted molar refractivity (Wildman–Crippen MR) is 165 cm³/mol. The van der Waals surface area contributed by atoms with E-state index in [1.165, 1.54) is 4.90 Å². The summed E-state index contributed by atoms with van der Waals surface area (Å²) in [5.74, 6) is -0.800. The Morgan fingerprint density at radius 2 is 1.68 bits per heavy atom. The molecule has 3 aromatic rings. The molecule has 4 rings (SSSR count). The second-order valence-corrected chi connectivity index (χ2v) is 13.3. The molecule has 3 aromatic carbocycles. The first-order chi connectivity index (χ1) is 19.5. The predicted octanol–water partition coefficient (Wildman–Crippen LogP) is 5.77. The Morgan fingerprint density at radius 1 is 0.976 bits per heavy atom. The van der Waals surface area contributed by atoms with Gasteiger partial charge in [0.15, 0.2) is 0 Å². The van der Waals surface area contributed by atoms with Crippen molar-refractivity contribution >= 4 is 50.7 Å². The van der Waals surface area contributed by atoms with Gasteiger partial charge in [0.05, 0.1) is 11.9 Å². The summed E-state index contributed by atoms with van der Waals surface area (Å²) in [7, 11) is -3.83. The van der Waals surface area contributed by atoms with Crippen LogP contribution in [0, 0.1) is 6.92 Å². The number of amides is 2. The van der Waals surface area contributed by atoms with Crippen LogP contribution < -0.4 is 9.62 Å². The summed E-state index contributed by atoms with van der Waals surface area (Å²) < 4.78 is 26.9. The molecule has 0 heterocycles. The van der Waals surface area contributed by atoms with Crippen molar-refractivity contribution < 1.29 is 18.0 Å². The van der Waals surface area contributed by atoms with Crippen molar-refractivity contribution in [3.05, 3.63) is 99.5 Å². The number of halogens is 2. The van der Waals surface area contributed by atoms with Gasteiger partial charge in [-0.15, -0.1) is 0 Å². The summed E-state index contributed by atoms with van der Waals surface area (Å²) in [4.78, 5) is 29.5. The lowest BCUT2D eigenvalue weighted by Gasteiger charge is -2.34. The zero-order chi connectivity index (χ0) is 29.6.